The van der Waals surface area contributed by atoms with Crippen LogP contribution < -0.4 is 5.73 Å². The standard InChI is InChI=1S/C40H4F79NO25/c41-2(42,1-120)121-30(98,99)136-32(102,103)138-34(106,107)140-36(110,111)142-38(114,115)144-40(118,119)145-39(116,117)143-37(112,113)141-35(108,109)139-33(104,105)137-31(100,101)135-28(93,94)26(89,90)133-24(85,86)22(81,82)131-20(77,78)18(73,74)129-16(69,70)14(65,66)127-12(61,62)10(57,58)125-8(53,54)6(49,50)123-4(45,46)3(43,44)122-5(47,48)7(51,52)124-9(55,56)11(59,60)126-13(63,64)15(67,68)128-17(71,72)19(75,76)130-21(79,80)23(83,84)132-25(87,88)27(91,92)134-29(95,96)97/h1,120H2. The summed E-state index contributed by atoms with van der Waals surface area (Å²) in [5.41, 5.74) is 4.07. The van der Waals surface area contributed by atoms with Crippen molar-refractivity contribution in [1.82, 2.24) is 0 Å². The number of alkyl halides is 79. The third-order valence-electron chi connectivity index (χ3n) is 10.9. The molecule has 0 aromatic rings. The molecule has 0 rings (SSSR count). The normalized spacial score (nSPS) is 16.7. The van der Waals surface area contributed by atoms with Gasteiger partial charge in [0.1, 0.15) is 0 Å². The summed E-state index contributed by atoms with van der Waals surface area (Å²) >= 11 is 0. The summed E-state index contributed by atoms with van der Waals surface area (Å²) in [4.78, 5) is 0. The van der Waals surface area contributed by atoms with Crippen LogP contribution in [0.4, 0.5) is 347 Å². The van der Waals surface area contributed by atoms with Crippen LogP contribution in [0.3, 0.4) is 0 Å². The number of nitrogens with two attached hydrogens (primary N) is 1. The van der Waals surface area contributed by atoms with E-state index >= 15 is 0 Å². The van der Waals surface area contributed by atoms with E-state index in [1.54, 1.807) is 9.47 Å². The summed E-state index contributed by atoms with van der Waals surface area (Å²) in [5, 5.41) is 0. The minimum atomic E-state index is -9.21. The molecule has 0 heterocycles. The Balaban J connectivity index is 6.68. The molecule has 105 heteroatoms. The fraction of sp³-hybridized carbons (Fsp3) is 1.00. The number of rotatable bonds is 63. The number of hydrogen-bond acceptors (Lipinski definition) is 26. The second kappa shape index (κ2) is 39.8. The van der Waals surface area contributed by atoms with Crippen LogP contribution in [0.15, 0.2) is 0 Å². The maximum atomic E-state index is 14.0. The van der Waals surface area contributed by atoms with E-state index in [9.17, 15) is 347 Å². The van der Waals surface area contributed by atoms with Crippen molar-refractivity contribution in [2.75, 3.05) is 6.54 Å². The van der Waals surface area contributed by atoms with E-state index in [4.69, 9.17) is 0 Å². The second-order valence-corrected chi connectivity index (χ2v) is 22.4. The van der Waals surface area contributed by atoms with Gasteiger partial charge in [-0.2, -0.15) is 237 Å². The van der Waals surface area contributed by atoms with Gasteiger partial charge in [-0.3, -0.25) is 0 Å². The molecule has 872 valence electrons. The second-order valence-electron chi connectivity index (χ2n) is 22.4. The first-order chi connectivity index (χ1) is 61.5. The summed E-state index contributed by atoms with van der Waals surface area (Å²) in [6, 6.07) is 0. The topological polar surface area (TPSA) is 257 Å². The molecule has 0 spiro atoms. The first-order valence-corrected chi connectivity index (χ1v) is 29.1. The van der Waals surface area contributed by atoms with Gasteiger partial charge in [0.15, 0.2) is 0 Å². The van der Waals surface area contributed by atoms with Crippen LogP contribution in [0.25, 0.3) is 0 Å². The Morgan fingerprint density at radius 3 is 0.241 bits per heavy atom. The lowest BCUT2D eigenvalue weighted by Gasteiger charge is -2.38. The van der Waals surface area contributed by atoms with E-state index in [2.05, 4.69) is 10.5 Å². The Morgan fingerprint density at radius 1 is 0.0897 bits per heavy atom. The van der Waals surface area contributed by atoms with Gasteiger partial charge in [0.25, 0.3) is 0 Å². The van der Waals surface area contributed by atoms with Crippen LogP contribution in [-0.4, -0.2) is 247 Å². The van der Waals surface area contributed by atoms with Gasteiger partial charge in [-0.1, -0.05) is 0 Å². The van der Waals surface area contributed by atoms with Crippen LogP contribution in [0.2, 0.25) is 0 Å². The Morgan fingerprint density at radius 2 is 0.159 bits per heavy atom. The van der Waals surface area contributed by atoms with E-state index in [0.29, 0.717) is 28.4 Å². The average Bonchev–Trinajstić information content (AvgIpc) is 0.741. The predicted octanol–water partition coefficient (Wildman–Crippen LogP) is 22.9. The number of ether oxygens (including phenoxy) is 25. The van der Waals surface area contributed by atoms with Crippen LogP contribution in [0.5, 0.6) is 0 Å². The van der Waals surface area contributed by atoms with Crippen molar-refractivity contribution in [3.05, 3.63) is 0 Å². The van der Waals surface area contributed by atoms with Crippen LogP contribution >= 0.6 is 0 Å². The Kier molecular flexibility index (Phi) is 38.0. The lowest BCUT2D eigenvalue weighted by Crippen LogP contribution is -2.63. The van der Waals surface area contributed by atoms with E-state index in [0.717, 1.165) is 42.6 Å². The van der Waals surface area contributed by atoms with Gasteiger partial charge in [-0.25, -0.2) is 118 Å². The molecule has 0 aromatic heterocycles. The van der Waals surface area contributed by atoms with Crippen molar-refractivity contribution in [3.63, 3.8) is 0 Å². The van der Waals surface area contributed by atoms with Crippen molar-refractivity contribution >= 4 is 0 Å². The first kappa shape index (κ1) is 138. The Bertz CT molecular complexity index is 4220. The highest BCUT2D eigenvalue weighted by atomic mass is 19.5. The van der Waals surface area contributed by atoms with E-state index < -0.39 is 247 Å². The SMILES string of the molecule is NCC(F)(F)OC(F)(F)OC(F)(F)OC(F)(F)OC(F)(F)OC(F)(F)OC(F)(F)OC(F)(F)OC(F)(F)OC(F)(F)OC(F)(F)OC(F)(F)OC(F)(F)C(F)(F)OC(F)(F)C(F)(F)OC(F)(F)C(F)(F)OC(F)(F)C(F)(F)OC(F)(F)C(F)(F)OC(F)(F)C(F)(F)OC(F)(F)C(F)(F)OC(F)(F)C(F)(F)OC(F)(F)C(F)(F)OC(F)(F)C(F)(F)OC(F)(F)C(F)(F)OC(F)(F)C(F)(F)OC(F)(F)C(F)(F)OC(F)(F)F. The molecule has 0 saturated heterocycles. The molecule has 0 unspecified atom stereocenters. The largest absolute Gasteiger partial charge is 0.527 e. The maximum absolute atomic E-state index is 14.0. The van der Waals surface area contributed by atoms with E-state index in [-0.39, 0.29) is 0 Å². The zero-order valence-corrected chi connectivity index (χ0v) is 60.8. The molecule has 0 aliphatic heterocycles. The number of halogens is 79. The first-order valence-electron chi connectivity index (χ1n) is 29.1. The highest BCUT2D eigenvalue weighted by molar-refractivity contribution is 4.87. The monoisotopic (exact) mass is 2400 g/mol. The van der Waals surface area contributed by atoms with Crippen molar-refractivity contribution in [2.24, 2.45) is 5.73 Å². The smallest absolute Gasteiger partial charge is 0.323 e. The van der Waals surface area contributed by atoms with Gasteiger partial charge in [0.2, 0.25) is 0 Å². The lowest BCUT2D eigenvalue weighted by atomic mass is 10.4. The molecule has 0 aliphatic carbocycles. The highest BCUT2D eigenvalue weighted by Gasteiger charge is 2.87. The Hall–Kier alpha value is -6.57. The molecule has 0 amide bonds. The summed E-state index contributed by atoms with van der Waals surface area (Å²) in [6.07, 6.45) is -330. The molecule has 0 aromatic carbocycles. The zero-order valence-electron chi connectivity index (χ0n) is 60.8. The van der Waals surface area contributed by atoms with Gasteiger partial charge < -0.3 is 5.73 Å². The summed E-state index contributed by atoms with van der Waals surface area (Å²) in [7, 11) is 0. The van der Waals surface area contributed by atoms with Crippen molar-refractivity contribution in [2.45, 2.75) is 241 Å². The van der Waals surface area contributed by atoms with Crippen LogP contribution in [0, 0.1) is 0 Å². The minimum absolute atomic E-state index is 0.676. The van der Waals surface area contributed by atoms with E-state index in [1.165, 1.54) is 33.2 Å². The van der Waals surface area contributed by atoms with Gasteiger partial charge in [0, 0.05) is 0 Å². The molecule has 0 fully saturated rings. The molecule has 26 nitrogen and oxygen atoms in total. The molecular formula is C40H4F79NO25. The van der Waals surface area contributed by atoms with Gasteiger partial charge in [-0.05, 0) is 0 Å². The number of hydrogen-bond donors (Lipinski definition) is 1. The van der Waals surface area contributed by atoms with E-state index in [1.807, 2.05) is 0 Å². The highest BCUT2D eigenvalue weighted by Crippen LogP contribution is 2.62. The molecule has 0 saturated carbocycles. The van der Waals surface area contributed by atoms with Crippen molar-refractivity contribution in [3.8, 4) is 0 Å². The quantitative estimate of drug-likeness (QED) is 0.0438. The van der Waals surface area contributed by atoms with Crippen molar-refractivity contribution in [1.29, 1.82) is 0 Å². The summed E-state index contributed by atoms with van der Waals surface area (Å²) in [5.74, 6) is 0. The molecular weight excluding hydrogens is 2400 g/mol. The molecule has 0 atom stereocenters. The third-order valence-corrected chi connectivity index (χ3v) is 10.9. The fourth-order valence-corrected chi connectivity index (χ4v) is 5.60. The van der Waals surface area contributed by atoms with Gasteiger partial charge >= 0.3 is 241 Å². The minimum Gasteiger partial charge on any atom is -0.323 e. The summed E-state index contributed by atoms with van der Waals surface area (Å²) in [6.45, 7) is -2.46. The Labute approximate surface area is 719 Å². The third kappa shape index (κ3) is 36.3. The molecule has 145 heavy (non-hydrogen) atoms. The predicted molar refractivity (Wildman–Crippen MR) is 230 cm³/mol. The maximum Gasteiger partial charge on any atom is 0.527 e. The summed E-state index contributed by atoms with van der Waals surface area (Å²) < 4.78 is 1100. The molecule has 0 radical (unpaired) electrons. The lowest BCUT2D eigenvalue weighted by molar-refractivity contribution is -0.655. The zero-order chi connectivity index (χ0) is 118. The van der Waals surface area contributed by atoms with Crippen LogP contribution in [0.1, 0.15) is 0 Å². The van der Waals surface area contributed by atoms with Gasteiger partial charge in [-0.15, -0.1) is 110 Å². The molecule has 2 N–H and O–H groups in total. The van der Waals surface area contributed by atoms with Crippen molar-refractivity contribution < 1.29 is 465 Å². The molecule has 0 aliphatic rings. The van der Waals surface area contributed by atoms with Gasteiger partial charge in [0.05, 0.1) is 6.54 Å². The molecule has 0 bridgehead atoms. The van der Waals surface area contributed by atoms with Crippen LogP contribution in [-0.2, 0) is 118 Å². The average molecular weight is 2400 g/mol. The fourth-order valence-electron chi connectivity index (χ4n) is 5.60.